The van der Waals surface area contributed by atoms with Gasteiger partial charge in [-0.25, -0.2) is 15.0 Å². The average Bonchev–Trinajstić information content (AvgIpc) is 3.38. The van der Waals surface area contributed by atoms with Crippen LogP contribution in [0.2, 0.25) is 0 Å². The van der Waals surface area contributed by atoms with Gasteiger partial charge in [0, 0.05) is 49.5 Å². The third kappa shape index (κ3) is 4.56. The number of amides is 1. The number of piperazine rings is 1. The van der Waals surface area contributed by atoms with Gasteiger partial charge in [-0.3, -0.25) is 14.8 Å². The van der Waals surface area contributed by atoms with E-state index in [-0.39, 0.29) is 11.9 Å². The molecule has 3 aromatic heterocycles. The lowest BCUT2D eigenvalue weighted by Gasteiger charge is -2.31. The molecule has 10 nitrogen and oxygen atoms in total. The van der Waals surface area contributed by atoms with Crippen molar-refractivity contribution in [1.82, 2.24) is 34.9 Å². The van der Waals surface area contributed by atoms with Crippen LogP contribution in [-0.2, 0) is 4.79 Å². The molecule has 5 rings (SSSR count). The van der Waals surface area contributed by atoms with E-state index in [1.807, 2.05) is 25.1 Å². The SMILES string of the molecule is Cc1nc(NC(=O)CN2CCN(C)CC2)sc1-c1ccc2c(-c3cnc(N)nc3)n[nH]c2c1. The second-order valence-electron chi connectivity index (χ2n) is 8.22. The number of fused-ring (bicyclic) bond motifs is 1. The summed E-state index contributed by atoms with van der Waals surface area (Å²) in [5, 5.41) is 12.1. The molecule has 4 aromatic rings. The number of nitrogens with one attached hydrogen (secondary N) is 2. The van der Waals surface area contributed by atoms with E-state index in [9.17, 15) is 4.79 Å². The van der Waals surface area contributed by atoms with Crippen LogP contribution in [0.25, 0.3) is 32.6 Å². The molecule has 1 aliphatic heterocycles. The van der Waals surface area contributed by atoms with Gasteiger partial charge < -0.3 is 16.0 Å². The van der Waals surface area contributed by atoms with Crippen LogP contribution in [0, 0.1) is 6.92 Å². The largest absolute Gasteiger partial charge is 0.368 e. The zero-order chi connectivity index (χ0) is 22.9. The van der Waals surface area contributed by atoms with Gasteiger partial charge in [-0.2, -0.15) is 5.10 Å². The third-order valence-electron chi connectivity index (χ3n) is 5.78. The summed E-state index contributed by atoms with van der Waals surface area (Å²) < 4.78 is 0. The van der Waals surface area contributed by atoms with Crippen molar-refractivity contribution in [2.24, 2.45) is 0 Å². The molecule has 11 heteroatoms. The Morgan fingerprint density at radius 3 is 2.70 bits per heavy atom. The molecule has 1 saturated heterocycles. The lowest BCUT2D eigenvalue weighted by molar-refractivity contribution is -0.117. The topological polar surface area (TPSA) is 129 Å². The van der Waals surface area contributed by atoms with Gasteiger partial charge in [0.05, 0.1) is 22.6 Å². The molecule has 0 radical (unpaired) electrons. The molecule has 4 N–H and O–H groups in total. The molecule has 1 fully saturated rings. The van der Waals surface area contributed by atoms with Crippen molar-refractivity contribution >= 4 is 39.2 Å². The molecule has 0 aliphatic carbocycles. The number of nitrogen functional groups attached to an aromatic ring is 1. The van der Waals surface area contributed by atoms with E-state index in [0.29, 0.717) is 11.7 Å². The number of hydrogen-bond donors (Lipinski definition) is 3. The monoisotopic (exact) mass is 463 g/mol. The quantitative estimate of drug-likeness (QED) is 0.411. The van der Waals surface area contributed by atoms with Crippen molar-refractivity contribution in [3.05, 3.63) is 36.3 Å². The summed E-state index contributed by atoms with van der Waals surface area (Å²) in [5.74, 6) is 0.201. The smallest absolute Gasteiger partial charge is 0.240 e. The Bertz CT molecular complexity index is 1290. The number of nitrogens with zero attached hydrogens (tertiary/aromatic N) is 6. The number of carbonyl (C=O) groups excluding carboxylic acids is 1. The van der Waals surface area contributed by atoms with E-state index >= 15 is 0 Å². The molecule has 1 aromatic carbocycles. The first-order valence-corrected chi connectivity index (χ1v) is 11.5. The van der Waals surface area contributed by atoms with Crippen LogP contribution in [-0.4, -0.2) is 80.6 Å². The molecule has 0 atom stereocenters. The fourth-order valence-electron chi connectivity index (χ4n) is 3.93. The second kappa shape index (κ2) is 8.85. The van der Waals surface area contributed by atoms with Crippen LogP contribution >= 0.6 is 11.3 Å². The Balaban J connectivity index is 1.33. The molecule has 1 amide bonds. The maximum Gasteiger partial charge on any atom is 0.240 e. The lowest BCUT2D eigenvalue weighted by atomic mass is 10.1. The maximum atomic E-state index is 12.5. The number of likely N-dealkylation sites (N-methyl/N-ethyl adjacent to an activating group) is 1. The van der Waals surface area contributed by atoms with E-state index in [1.165, 1.54) is 11.3 Å². The fraction of sp³-hybridized carbons (Fsp3) is 0.318. The van der Waals surface area contributed by atoms with Crippen molar-refractivity contribution in [2.75, 3.05) is 50.8 Å². The molecule has 0 spiro atoms. The van der Waals surface area contributed by atoms with Crippen LogP contribution in [0.1, 0.15) is 5.69 Å². The van der Waals surface area contributed by atoms with Crippen LogP contribution < -0.4 is 11.1 Å². The number of anilines is 2. The van der Waals surface area contributed by atoms with Crippen LogP contribution in [0.3, 0.4) is 0 Å². The molecule has 33 heavy (non-hydrogen) atoms. The first kappa shape index (κ1) is 21.4. The second-order valence-corrected chi connectivity index (χ2v) is 9.22. The predicted octanol–water partition coefficient (Wildman–Crippen LogP) is 2.22. The van der Waals surface area contributed by atoms with Crippen LogP contribution in [0.5, 0.6) is 0 Å². The lowest BCUT2D eigenvalue weighted by Crippen LogP contribution is -2.47. The van der Waals surface area contributed by atoms with E-state index in [0.717, 1.165) is 64.5 Å². The van der Waals surface area contributed by atoms with E-state index in [2.05, 4.69) is 47.3 Å². The molecule has 0 unspecified atom stereocenters. The number of carbonyl (C=O) groups is 1. The highest BCUT2D eigenvalue weighted by atomic mass is 32.1. The summed E-state index contributed by atoms with van der Waals surface area (Å²) in [6, 6.07) is 6.10. The number of aromatic nitrogens is 5. The van der Waals surface area contributed by atoms with Gasteiger partial charge in [0.15, 0.2) is 5.13 Å². The maximum absolute atomic E-state index is 12.5. The van der Waals surface area contributed by atoms with Crippen molar-refractivity contribution in [1.29, 1.82) is 0 Å². The molecule has 4 heterocycles. The van der Waals surface area contributed by atoms with E-state index in [1.54, 1.807) is 12.4 Å². The normalized spacial score (nSPS) is 15.2. The summed E-state index contributed by atoms with van der Waals surface area (Å²) in [6.07, 6.45) is 3.33. The van der Waals surface area contributed by atoms with Gasteiger partial charge >= 0.3 is 0 Å². The minimum absolute atomic E-state index is 0.0285. The summed E-state index contributed by atoms with van der Waals surface area (Å²) in [6.45, 7) is 6.12. The van der Waals surface area contributed by atoms with Gasteiger partial charge in [0.2, 0.25) is 11.9 Å². The summed E-state index contributed by atoms with van der Waals surface area (Å²) in [4.78, 5) is 30.7. The number of hydrogen-bond acceptors (Lipinski definition) is 9. The Hall–Kier alpha value is -3.41. The highest BCUT2D eigenvalue weighted by molar-refractivity contribution is 7.19. The number of aromatic amines is 1. The zero-order valence-corrected chi connectivity index (χ0v) is 19.3. The Kier molecular flexibility index (Phi) is 5.75. The van der Waals surface area contributed by atoms with Crippen molar-refractivity contribution in [2.45, 2.75) is 6.92 Å². The van der Waals surface area contributed by atoms with Gasteiger partial charge in [-0.1, -0.05) is 17.4 Å². The Labute approximate surface area is 194 Å². The van der Waals surface area contributed by atoms with Gasteiger partial charge in [0.1, 0.15) is 5.69 Å². The Morgan fingerprint density at radius 2 is 1.94 bits per heavy atom. The van der Waals surface area contributed by atoms with Crippen molar-refractivity contribution in [3.63, 3.8) is 0 Å². The number of aryl methyl sites for hydroxylation is 1. The molecule has 170 valence electrons. The predicted molar refractivity (Wildman–Crippen MR) is 130 cm³/mol. The highest BCUT2D eigenvalue weighted by Gasteiger charge is 2.19. The number of H-pyrrole nitrogens is 1. The minimum atomic E-state index is -0.0285. The number of benzene rings is 1. The number of rotatable bonds is 5. The number of nitrogens with two attached hydrogens (primary N) is 1. The molecule has 0 saturated carbocycles. The van der Waals surface area contributed by atoms with Crippen molar-refractivity contribution in [3.8, 4) is 21.7 Å². The highest BCUT2D eigenvalue weighted by Crippen LogP contribution is 2.35. The standard InChI is InChI=1S/C22H25N9OS/c1-13-20(33-22(26-13)27-18(32)12-31-7-5-30(2)6-8-31)14-3-4-16-17(9-14)28-29-19(16)15-10-24-21(23)25-11-15/h3-4,9-11H,5-8,12H2,1-2H3,(H,28,29)(H2,23,24,25)(H,26,27,32). The van der Waals surface area contributed by atoms with E-state index < -0.39 is 0 Å². The summed E-state index contributed by atoms with van der Waals surface area (Å²) in [5.41, 5.74) is 9.94. The Morgan fingerprint density at radius 1 is 1.18 bits per heavy atom. The van der Waals surface area contributed by atoms with Crippen molar-refractivity contribution < 1.29 is 4.79 Å². The number of thiazole rings is 1. The zero-order valence-electron chi connectivity index (χ0n) is 18.5. The minimum Gasteiger partial charge on any atom is -0.368 e. The molecule has 1 aliphatic rings. The first-order chi connectivity index (χ1) is 16.0. The fourth-order valence-corrected chi connectivity index (χ4v) is 4.91. The third-order valence-corrected chi connectivity index (χ3v) is 6.90. The van der Waals surface area contributed by atoms with Crippen LogP contribution in [0.4, 0.5) is 11.1 Å². The summed E-state index contributed by atoms with van der Waals surface area (Å²) >= 11 is 1.48. The summed E-state index contributed by atoms with van der Waals surface area (Å²) in [7, 11) is 2.10. The van der Waals surface area contributed by atoms with E-state index in [4.69, 9.17) is 5.73 Å². The average molecular weight is 464 g/mol. The van der Waals surface area contributed by atoms with Crippen LogP contribution in [0.15, 0.2) is 30.6 Å². The van der Waals surface area contributed by atoms with Gasteiger partial charge in [-0.05, 0) is 31.7 Å². The van der Waals surface area contributed by atoms with Gasteiger partial charge in [-0.15, -0.1) is 0 Å². The molecule has 0 bridgehead atoms. The molecular formula is C22H25N9OS. The molecular weight excluding hydrogens is 438 g/mol. The first-order valence-electron chi connectivity index (χ1n) is 10.7. The van der Waals surface area contributed by atoms with Gasteiger partial charge in [0.25, 0.3) is 0 Å².